The van der Waals surface area contributed by atoms with Crippen LogP contribution in [0.15, 0.2) is 30.3 Å². The van der Waals surface area contributed by atoms with E-state index >= 15 is 0 Å². The van der Waals surface area contributed by atoms with Gasteiger partial charge in [-0.2, -0.15) is 0 Å². The Hall–Kier alpha value is -2.22. The van der Waals surface area contributed by atoms with Crippen molar-refractivity contribution in [2.24, 2.45) is 11.8 Å². The number of esters is 2. The van der Waals surface area contributed by atoms with Crippen LogP contribution in [0.4, 0.5) is 0 Å². The lowest BCUT2D eigenvalue weighted by atomic mass is 9.91. The van der Waals surface area contributed by atoms with Gasteiger partial charge in [0.05, 0.1) is 30.1 Å². The van der Waals surface area contributed by atoms with Crippen LogP contribution in [0.2, 0.25) is 0 Å². The Morgan fingerprint density at radius 2 is 1.61 bits per heavy atom. The average Bonchev–Trinajstić information content (AvgIpc) is 2.68. The first-order valence-electron chi connectivity index (χ1n) is 10.2. The summed E-state index contributed by atoms with van der Waals surface area (Å²) >= 11 is 3.08. The minimum atomic E-state index is -1.05. The van der Waals surface area contributed by atoms with Gasteiger partial charge in [-0.25, -0.2) is 0 Å². The number of alkyl halides is 1. The van der Waals surface area contributed by atoms with Crippen LogP contribution in [0, 0.1) is 11.8 Å². The second-order valence-electron chi connectivity index (χ2n) is 8.65. The zero-order chi connectivity index (χ0) is 23.6. The smallest absolute Gasteiger partial charge is 0.308 e. The number of hydrogen-bond acceptors (Lipinski definition) is 6. The normalized spacial score (nSPS) is 13.3. The number of Topliss-reactive ketones (excluding diaryl/α,β-unsaturated/α-hetero) is 1. The van der Waals surface area contributed by atoms with E-state index in [4.69, 9.17) is 9.47 Å². The number of hydrogen-bond donors (Lipinski definition) is 1. The summed E-state index contributed by atoms with van der Waals surface area (Å²) in [5.41, 5.74) is 0.159. The van der Waals surface area contributed by atoms with Gasteiger partial charge in [0, 0.05) is 0 Å². The van der Waals surface area contributed by atoms with Crippen molar-refractivity contribution >= 4 is 39.6 Å². The number of nitrogens with one attached hydrogen (secondary N) is 1. The zero-order valence-electron chi connectivity index (χ0n) is 18.8. The Labute approximate surface area is 192 Å². The number of halogens is 1. The Kier molecular flexibility index (Phi) is 10.9. The minimum absolute atomic E-state index is 0.0255. The maximum absolute atomic E-state index is 12.8. The summed E-state index contributed by atoms with van der Waals surface area (Å²) < 4.78 is 10.5. The van der Waals surface area contributed by atoms with Crippen LogP contribution in [-0.4, -0.2) is 40.6 Å². The topological polar surface area (TPSA) is 98.8 Å². The fraction of sp³-hybridized carbons (Fsp3) is 0.565. The molecule has 1 aromatic carbocycles. The van der Waals surface area contributed by atoms with Gasteiger partial charge in [-0.3, -0.25) is 19.2 Å². The Balaban J connectivity index is 2.76. The number of ether oxygens (including phenoxy) is 2. The number of carbonyl (C=O) groups is 4. The van der Waals surface area contributed by atoms with E-state index in [1.54, 1.807) is 20.8 Å². The van der Waals surface area contributed by atoms with E-state index in [1.165, 1.54) is 0 Å². The summed E-state index contributed by atoms with van der Waals surface area (Å²) in [5, 5.41) is 2.59. The molecule has 0 aliphatic carbocycles. The van der Waals surface area contributed by atoms with E-state index in [2.05, 4.69) is 21.2 Å². The number of benzene rings is 1. The summed E-state index contributed by atoms with van der Waals surface area (Å²) in [6.45, 7) is 8.95. The summed E-state index contributed by atoms with van der Waals surface area (Å²) in [4.78, 5) is 49.6. The van der Waals surface area contributed by atoms with Crippen molar-refractivity contribution in [3.63, 3.8) is 0 Å². The Morgan fingerprint density at radius 3 is 2.13 bits per heavy atom. The molecular weight excluding hydrogens is 466 g/mol. The van der Waals surface area contributed by atoms with Crippen LogP contribution in [0.3, 0.4) is 0 Å². The maximum atomic E-state index is 12.8. The molecule has 7 nitrogen and oxygen atoms in total. The molecule has 0 radical (unpaired) electrons. The molecule has 0 fully saturated rings. The Bertz CT molecular complexity index is 757. The van der Waals surface area contributed by atoms with Crippen LogP contribution >= 0.6 is 15.9 Å². The van der Waals surface area contributed by atoms with Crippen molar-refractivity contribution in [3.8, 4) is 0 Å². The van der Waals surface area contributed by atoms with Gasteiger partial charge in [-0.05, 0) is 32.3 Å². The standard InChI is InChI=1S/C23H32BrNO6/c1-15(2)17(11-21(28)31-23(3,4)5)22(29)25-18(19(26)13-24)12-20(27)30-14-16-9-7-6-8-10-16/h6-10,15,17-18H,11-14H2,1-5H3,(H,25,29). The summed E-state index contributed by atoms with van der Waals surface area (Å²) in [7, 11) is 0. The zero-order valence-corrected chi connectivity index (χ0v) is 20.4. The van der Waals surface area contributed by atoms with E-state index in [0.717, 1.165) is 5.56 Å². The molecule has 8 heteroatoms. The van der Waals surface area contributed by atoms with Crippen LogP contribution in [0.5, 0.6) is 0 Å². The van der Waals surface area contributed by atoms with Crippen LogP contribution in [0.1, 0.15) is 53.0 Å². The van der Waals surface area contributed by atoms with Gasteiger partial charge >= 0.3 is 11.9 Å². The van der Waals surface area contributed by atoms with Gasteiger partial charge in [0.15, 0.2) is 5.78 Å². The van der Waals surface area contributed by atoms with Crippen molar-refractivity contribution in [3.05, 3.63) is 35.9 Å². The van der Waals surface area contributed by atoms with E-state index < -0.39 is 35.4 Å². The van der Waals surface area contributed by atoms with Crippen LogP contribution < -0.4 is 5.32 Å². The molecule has 0 aliphatic heterocycles. The lowest BCUT2D eigenvalue weighted by molar-refractivity contribution is -0.158. The molecule has 0 aliphatic rings. The van der Waals surface area contributed by atoms with Gasteiger partial charge in [-0.1, -0.05) is 60.1 Å². The summed E-state index contributed by atoms with van der Waals surface area (Å²) in [5.74, 6) is -2.79. The molecule has 0 bridgehead atoms. The fourth-order valence-corrected chi connectivity index (χ4v) is 3.17. The molecule has 31 heavy (non-hydrogen) atoms. The first kappa shape index (κ1) is 26.8. The van der Waals surface area contributed by atoms with Gasteiger partial charge < -0.3 is 14.8 Å². The highest BCUT2D eigenvalue weighted by Crippen LogP contribution is 2.19. The minimum Gasteiger partial charge on any atom is -0.461 e. The van der Waals surface area contributed by atoms with Gasteiger partial charge in [0.2, 0.25) is 5.91 Å². The predicted molar refractivity (Wildman–Crippen MR) is 120 cm³/mol. The second-order valence-corrected chi connectivity index (χ2v) is 9.21. The second kappa shape index (κ2) is 12.6. The van der Waals surface area contributed by atoms with Crippen LogP contribution in [-0.2, 0) is 35.3 Å². The monoisotopic (exact) mass is 497 g/mol. The number of rotatable bonds is 11. The van der Waals surface area contributed by atoms with Gasteiger partial charge in [0.25, 0.3) is 0 Å². The van der Waals surface area contributed by atoms with Crippen molar-refractivity contribution in [2.45, 2.75) is 65.7 Å². The molecule has 0 saturated carbocycles. The largest absolute Gasteiger partial charge is 0.461 e. The highest BCUT2D eigenvalue weighted by atomic mass is 79.9. The molecule has 2 atom stereocenters. The average molecular weight is 498 g/mol. The third-order valence-corrected chi connectivity index (χ3v) is 4.95. The maximum Gasteiger partial charge on any atom is 0.308 e. The summed E-state index contributed by atoms with van der Waals surface area (Å²) in [6, 6.07) is 8.11. The molecule has 0 spiro atoms. The molecule has 1 N–H and O–H groups in total. The number of ketones is 1. The molecule has 2 unspecified atom stereocenters. The number of amides is 1. The number of carbonyl (C=O) groups excluding carboxylic acids is 4. The van der Waals surface area contributed by atoms with Gasteiger partial charge in [-0.15, -0.1) is 0 Å². The van der Waals surface area contributed by atoms with E-state index in [0.29, 0.717) is 0 Å². The first-order chi connectivity index (χ1) is 14.4. The third kappa shape index (κ3) is 10.6. The van der Waals surface area contributed by atoms with Crippen molar-refractivity contribution in [1.29, 1.82) is 0 Å². The molecule has 0 saturated heterocycles. The van der Waals surface area contributed by atoms with E-state index in [9.17, 15) is 19.2 Å². The van der Waals surface area contributed by atoms with Crippen LogP contribution in [0.25, 0.3) is 0 Å². The quantitative estimate of drug-likeness (QED) is 0.370. The summed E-state index contributed by atoms with van der Waals surface area (Å²) in [6.07, 6.45) is -0.408. The lowest BCUT2D eigenvalue weighted by Gasteiger charge is -2.25. The SMILES string of the molecule is CC(C)C(CC(=O)OC(C)(C)C)C(=O)NC(CC(=O)OCc1ccccc1)C(=O)CBr. The Morgan fingerprint density at radius 1 is 1.00 bits per heavy atom. The van der Waals surface area contributed by atoms with Crippen molar-refractivity contribution in [1.82, 2.24) is 5.32 Å². The molecule has 1 rings (SSSR count). The van der Waals surface area contributed by atoms with E-state index in [1.807, 2.05) is 44.2 Å². The highest BCUT2D eigenvalue weighted by molar-refractivity contribution is 9.09. The van der Waals surface area contributed by atoms with Crippen molar-refractivity contribution < 1.29 is 28.7 Å². The van der Waals surface area contributed by atoms with Gasteiger partial charge in [0.1, 0.15) is 12.2 Å². The third-order valence-electron chi connectivity index (χ3n) is 4.40. The fourth-order valence-electron chi connectivity index (χ4n) is 2.77. The first-order valence-corrected chi connectivity index (χ1v) is 11.4. The lowest BCUT2D eigenvalue weighted by Crippen LogP contribution is -2.47. The highest BCUT2D eigenvalue weighted by Gasteiger charge is 2.31. The predicted octanol–water partition coefficient (Wildman–Crippen LogP) is 3.57. The van der Waals surface area contributed by atoms with E-state index in [-0.39, 0.29) is 36.5 Å². The molecule has 1 amide bonds. The molecular formula is C23H32BrNO6. The molecule has 1 aromatic rings. The molecule has 172 valence electrons. The van der Waals surface area contributed by atoms with Crippen molar-refractivity contribution in [2.75, 3.05) is 5.33 Å². The molecule has 0 aromatic heterocycles. The molecule has 0 heterocycles.